The van der Waals surface area contributed by atoms with Crippen LogP contribution in [0.2, 0.25) is 39.3 Å². The van der Waals surface area contributed by atoms with E-state index in [0.29, 0.717) is 0 Å². The van der Waals surface area contributed by atoms with E-state index in [1.165, 1.54) is 0 Å². The molecule has 6 aliphatic rings. The first-order valence-electron chi connectivity index (χ1n) is 8.09. The topological polar surface area (TPSA) is 111 Å². The van der Waals surface area contributed by atoms with Crippen LogP contribution in [0, 0.1) is 0 Å². The summed E-state index contributed by atoms with van der Waals surface area (Å²) in [4.78, 5) is 0. The average molecular weight is 509 g/mol. The van der Waals surface area contributed by atoms with Gasteiger partial charge in [0.15, 0.2) is 0 Å². The Morgan fingerprint density at radius 2 is 0.500 bits per heavy atom. The van der Waals surface area contributed by atoms with Crippen LogP contribution in [0.25, 0.3) is 0 Å². The molecule has 0 aromatic heterocycles. The van der Waals surface area contributed by atoms with Crippen LogP contribution in [0.5, 0.6) is 0 Å². The third-order valence-corrected chi connectivity index (χ3v) is 36.8. The predicted octanol–water partition coefficient (Wildman–Crippen LogP) is -0.900. The predicted molar refractivity (Wildman–Crippen MR) is 97.0 cm³/mol. The summed E-state index contributed by atoms with van der Waals surface area (Å²) in [5, 5.41) is 0. The number of rotatable bonds is 0. The molecule has 0 aromatic carbocycles. The van der Waals surface area contributed by atoms with Gasteiger partial charge in [0.05, 0.1) is 0 Å². The second kappa shape index (κ2) is 5.48. The quantitative estimate of drug-likeness (QED) is 0.378. The Labute approximate surface area is 160 Å². The molecule has 20 heteroatoms. The first-order chi connectivity index (χ1) is 11.8. The molecule has 0 saturated carbocycles. The summed E-state index contributed by atoms with van der Waals surface area (Å²) in [5.74, 6) is 0. The summed E-state index contributed by atoms with van der Waals surface area (Å²) in [7, 11) is -25.4. The Kier molecular flexibility index (Phi) is 4.06. The Morgan fingerprint density at radius 3 is 0.654 bits per heavy atom. The maximum Gasteiger partial charge on any atom is 0.475 e. The van der Waals surface area contributed by atoms with Crippen molar-refractivity contribution in [2.75, 3.05) is 0 Å². The Bertz CT molecular complexity index is 498. The highest BCUT2D eigenvalue weighted by atomic mass is 28.6. The molecular formula is C6H20O12Si8. The summed E-state index contributed by atoms with van der Waals surface area (Å²) in [6, 6.07) is 0. The van der Waals surface area contributed by atoms with Crippen molar-refractivity contribution in [2.24, 2.45) is 0 Å². The van der Waals surface area contributed by atoms with Gasteiger partial charge in [0, 0.05) is 39.3 Å². The van der Waals surface area contributed by atoms with Gasteiger partial charge in [0.25, 0.3) is 0 Å². The van der Waals surface area contributed by atoms with E-state index in [0.717, 1.165) is 0 Å². The van der Waals surface area contributed by atoms with E-state index in [1.807, 2.05) is 0 Å². The average Bonchev–Trinajstić information content (AvgIpc) is 2.25. The molecule has 8 bridgehead atoms. The maximum atomic E-state index is 6.26. The summed E-state index contributed by atoms with van der Waals surface area (Å²) in [6.07, 6.45) is 0. The standard InChI is InChI=1S/C6H20O12Si8/c1-21-7-19-8-24(4)15-22(2,13-21)10-20-11-23(3,14-21)16-25(5,9-19)18-26(6,12-20)17-24/h19-20H,1-6H3. The molecule has 0 amide bonds. The van der Waals surface area contributed by atoms with Gasteiger partial charge in [0.2, 0.25) is 0 Å². The Balaban J connectivity index is 1.73. The van der Waals surface area contributed by atoms with E-state index in [2.05, 4.69) is 0 Å². The highest BCUT2D eigenvalue weighted by Gasteiger charge is 2.73. The van der Waals surface area contributed by atoms with Crippen molar-refractivity contribution in [2.45, 2.75) is 39.3 Å². The first kappa shape index (κ1) is 19.2. The Morgan fingerprint density at radius 1 is 0.346 bits per heavy atom. The molecule has 26 heavy (non-hydrogen) atoms. The molecule has 6 rings (SSSR count). The monoisotopic (exact) mass is 508 g/mol. The van der Waals surface area contributed by atoms with Crippen molar-refractivity contribution in [3.63, 3.8) is 0 Å². The van der Waals surface area contributed by atoms with Gasteiger partial charge in [-0.1, -0.05) is 0 Å². The van der Waals surface area contributed by atoms with Gasteiger partial charge >= 0.3 is 71.9 Å². The van der Waals surface area contributed by atoms with Crippen molar-refractivity contribution in [3.8, 4) is 0 Å². The SMILES string of the molecule is C[Si]12O[SiH]3O[Si]4(C)O[Si](C)(O[SiH]5O[Si](C)(O1)O[Si](C)(O3)O[Si](C)(O5)O4)O2. The zero-order chi connectivity index (χ0) is 18.6. The third kappa shape index (κ3) is 3.28. The minimum Gasteiger partial charge on any atom is -0.376 e. The van der Waals surface area contributed by atoms with Crippen LogP contribution in [0.15, 0.2) is 0 Å². The van der Waals surface area contributed by atoms with Crippen LogP contribution in [-0.4, -0.2) is 71.9 Å². The molecule has 0 atom stereocenters. The fourth-order valence-electron chi connectivity index (χ4n) is 3.63. The molecule has 0 N–H and O–H groups in total. The molecule has 0 radical (unpaired) electrons. The molecule has 0 spiro atoms. The first-order valence-corrected chi connectivity index (χ1v) is 24.3. The van der Waals surface area contributed by atoms with Gasteiger partial charge < -0.3 is 49.4 Å². The van der Waals surface area contributed by atoms with E-state index >= 15 is 0 Å². The lowest BCUT2D eigenvalue weighted by molar-refractivity contribution is -0.00370. The van der Waals surface area contributed by atoms with Gasteiger partial charge in [-0.3, -0.25) is 0 Å². The second-order valence-corrected chi connectivity index (χ2v) is 29.1. The molecule has 0 aromatic rings. The van der Waals surface area contributed by atoms with Gasteiger partial charge in [0.1, 0.15) is 0 Å². The second-order valence-electron chi connectivity index (χ2n) is 7.07. The van der Waals surface area contributed by atoms with Crippen molar-refractivity contribution in [3.05, 3.63) is 0 Å². The van der Waals surface area contributed by atoms with E-state index in [4.69, 9.17) is 49.4 Å². The van der Waals surface area contributed by atoms with Crippen LogP contribution in [0.3, 0.4) is 0 Å². The Hall–Kier alpha value is 1.26. The summed E-state index contributed by atoms with van der Waals surface area (Å²) in [6.45, 7) is 10.4. The van der Waals surface area contributed by atoms with Crippen molar-refractivity contribution in [1.82, 2.24) is 0 Å². The lowest BCUT2D eigenvalue weighted by Crippen LogP contribution is -2.82. The van der Waals surface area contributed by atoms with Gasteiger partial charge in [-0.2, -0.15) is 0 Å². The molecule has 6 fully saturated rings. The van der Waals surface area contributed by atoms with Crippen LogP contribution in [-0.2, 0) is 49.4 Å². The molecule has 0 unspecified atom stereocenters. The molecule has 0 aliphatic carbocycles. The smallest absolute Gasteiger partial charge is 0.376 e. The lowest BCUT2D eigenvalue weighted by atomic mass is 11.9. The van der Waals surface area contributed by atoms with Crippen LogP contribution >= 0.6 is 0 Å². The van der Waals surface area contributed by atoms with E-state index < -0.39 is 71.9 Å². The molecule has 6 saturated heterocycles. The summed E-state index contributed by atoms with van der Waals surface area (Å²) >= 11 is 0. The summed E-state index contributed by atoms with van der Waals surface area (Å²) < 4.78 is 74.6. The fraction of sp³-hybridized carbons (Fsp3) is 1.00. The van der Waals surface area contributed by atoms with Crippen molar-refractivity contribution in [1.29, 1.82) is 0 Å². The van der Waals surface area contributed by atoms with Crippen molar-refractivity contribution >= 4 is 71.9 Å². The third-order valence-electron chi connectivity index (χ3n) is 4.09. The van der Waals surface area contributed by atoms with Gasteiger partial charge in [-0.15, -0.1) is 0 Å². The normalized spacial score (nSPS) is 64.4. The van der Waals surface area contributed by atoms with Crippen LogP contribution < -0.4 is 0 Å². The van der Waals surface area contributed by atoms with Crippen LogP contribution in [0.1, 0.15) is 0 Å². The van der Waals surface area contributed by atoms with Gasteiger partial charge in [-0.25, -0.2) is 0 Å². The molecule has 6 heterocycles. The zero-order valence-electron chi connectivity index (χ0n) is 15.1. The summed E-state index contributed by atoms with van der Waals surface area (Å²) in [5.41, 5.74) is 0. The molecule has 148 valence electrons. The minimum atomic E-state index is -3.29. The maximum absolute atomic E-state index is 6.26. The molecule has 6 aliphatic heterocycles. The highest BCUT2D eigenvalue weighted by Crippen LogP contribution is 2.43. The molecule has 12 nitrogen and oxygen atoms in total. The van der Waals surface area contributed by atoms with E-state index in [-0.39, 0.29) is 0 Å². The van der Waals surface area contributed by atoms with E-state index in [1.54, 1.807) is 39.3 Å². The van der Waals surface area contributed by atoms with E-state index in [9.17, 15) is 0 Å². The largest absolute Gasteiger partial charge is 0.475 e. The zero-order valence-corrected chi connectivity index (χ0v) is 23.4. The molecular weight excluding hydrogens is 489 g/mol. The lowest BCUT2D eigenvalue weighted by Gasteiger charge is -2.57. The fourth-order valence-corrected chi connectivity index (χ4v) is 42.7. The highest BCUT2D eigenvalue weighted by molar-refractivity contribution is 6.98. The van der Waals surface area contributed by atoms with Crippen molar-refractivity contribution < 1.29 is 49.4 Å². The number of hydrogen-bond donors (Lipinski definition) is 0. The minimum absolute atomic E-state index is 1.74. The van der Waals surface area contributed by atoms with Crippen LogP contribution in [0.4, 0.5) is 0 Å². The van der Waals surface area contributed by atoms with Gasteiger partial charge in [-0.05, 0) is 0 Å². The number of hydrogen-bond acceptors (Lipinski definition) is 12.